The molecule has 0 bridgehead atoms. The first-order valence-electron chi connectivity index (χ1n) is 8.38. The standard InChI is InChI=1S/C19H16N4O4/c1-26-19(25)13-7-5-12(6-8-13)18(24)23-10-14(11-23)17-21-16(22-27-17)15-4-2-3-9-20-15/h2-9,14H,10-11H2,1H3. The van der Waals surface area contributed by atoms with Crippen molar-refractivity contribution in [2.45, 2.75) is 5.92 Å². The van der Waals surface area contributed by atoms with Crippen LogP contribution in [0.15, 0.2) is 53.2 Å². The predicted molar refractivity (Wildman–Crippen MR) is 94.0 cm³/mol. The summed E-state index contributed by atoms with van der Waals surface area (Å²) in [5, 5.41) is 3.96. The van der Waals surface area contributed by atoms with E-state index in [4.69, 9.17) is 4.52 Å². The van der Waals surface area contributed by atoms with Crippen LogP contribution in [0.1, 0.15) is 32.5 Å². The number of likely N-dealkylation sites (tertiary alicyclic amines) is 1. The minimum Gasteiger partial charge on any atom is -0.465 e. The highest BCUT2D eigenvalue weighted by molar-refractivity contribution is 5.96. The number of hydrogen-bond acceptors (Lipinski definition) is 7. The molecule has 1 aliphatic rings. The SMILES string of the molecule is COC(=O)c1ccc(C(=O)N2CC(c3nc(-c4ccccn4)no3)C2)cc1. The number of aromatic nitrogens is 3. The summed E-state index contributed by atoms with van der Waals surface area (Å²) in [5.41, 5.74) is 1.56. The molecule has 0 atom stereocenters. The average molecular weight is 364 g/mol. The number of amides is 1. The van der Waals surface area contributed by atoms with E-state index in [2.05, 4.69) is 19.9 Å². The molecule has 27 heavy (non-hydrogen) atoms. The molecule has 0 N–H and O–H groups in total. The second-order valence-corrected chi connectivity index (χ2v) is 6.15. The molecule has 1 aromatic carbocycles. The molecule has 0 spiro atoms. The molecule has 4 rings (SSSR count). The molecule has 3 heterocycles. The highest BCUT2D eigenvalue weighted by atomic mass is 16.5. The zero-order valence-corrected chi connectivity index (χ0v) is 14.5. The Hall–Kier alpha value is -3.55. The lowest BCUT2D eigenvalue weighted by Gasteiger charge is -2.37. The number of benzene rings is 1. The second kappa shape index (κ2) is 6.99. The summed E-state index contributed by atoms with van der Waals surface area (Å²) in [6, 6.07) is 11.9. The monoisotopic (exact) mass is 364 g/mol. The Morgan fingerprint density at radius 1 is 1.11 bits per heavy atom. The minimum absolute atomic E-state index is 0.00764. The van der Waals surface area contributed by atoms with Gasteiger partial charge in [-0.3, -0.25) is 9.78 Å². The van der Waals surface area contributed by atoms with Crippen LogP contribution in [0.4, 0.5) is 0 Å². The van der Waals surface area contributed by atoms with Gasteiger partial charge in [0.05, 0.1) is 18.6 Å². The lowest BCUT2D eigenvalue weighted by Crippen LogP contribution is -2.48. The third-order valence-corrected chi connectivity index (χ3v) is 4.41. The van der Waals surface area contributed by atoms with Crippen molar-refractivity contribution in [2.24, 2.45) is 0 Å². The fourth-order valence-electron chi connectivity index (χ4n) is 2.85. The van der Waals surface area contributed by atoms with Crippen LogP contribution in [0, 0.1) is 0 Å². The second-order valence-electron chi connectivity index (χ2n) is 6.15. The van der Waals surface area contributed by atoms with Gasteiger partial charge >= 0.3 is 5.97 Å². The number of hydrogen-bond donors (Lipinski definition) is 0. The summed E-state index contributed by atoms with van der Waals surface area (Å²) >= 11 is 0. The summed E-state index contributed by atoms with van der Waals surface area (Å²) < 4.78 is 9.97. The van der Waals surface area contributed by atoms with Gasteiger partial charge in [-0.1, -0.05) is 11.2 Å². The van der Waals surface area contributed by atoms with Crippen LogP contribution < -0.4 is 0 Å². The van der Waals surface area contributed by atoms with Gasteiger partial charge in [-0.05, 0) is 36.4 Å². The van der Waals surface area contributed by atoms with E-state index in [9.17, 15) is 9.59 Å². The van der Waals surface area contributed by atoms with E-state index in [1.54, 1.807) is 35.4 Å². The van der Waals surface area contributed by atoms with E-state index < -0.39 is 5.97 Å². The summed E-state index contributed by atoms with van der Waals surface area (Å²) in [6.07, 6.45) is 1.67. The Kier molecular flexibility index (Phi) is 4.37. The van der Waals surface area contributed by atoms with Gasteiger partial charge in [-0.15, -0.1) is 0 Å². The Morgan fingerprint density at radius 2 is 1.85 bits per heavy atom. The topological polar surface area (TPSA) is 98.4 Å². The zero-order valence-electron chi connectivity index (χ0n) is 14.5. The van der Waals surface area contributed by atoms with E-state index in [0.717, 1.165) is 0 Å². The molecule has 0 saturated carbocycles. The molecule has 0 unspecified atom stereocenters. The van der Waals surface area contributed by atoms with Gasteiger partial charge in [0.15, 0.2) is 0 Å². The van der Waals surface area contributed by atoms with Crippen molar-refractivity contribution in [3.05, 3.63) is 65.7 Å². The first-order chi connectivity index (χ1) is 13.2. The van der Waals surface area contributed by atoms with Gasteiger partial charge in [0.1, 0.15) is 5.69 Å². The van der Waals surface area contributed by atoms with Gasteiger partial charge in [0.25, 0.3) is 5.91 Å². The third-order valence-electron chi connectivity index (χ3n) is 4.41. The number of pyridine rings is 1. The largest absolute Gasteiger partial charge is 0.465 e. The maximum atomic E-state index is 12.5. The van der Waals surface area contributed by atoms with Crippen LogP contribution in [0.3, 0.4) is 0 Å². The van der Waals surface area contributed by atoms with Crippen LogP contribution in [-0.4, -0.2) is 52.1 Å². The summed E-state index contributed by atoms with van der Waals surface area (Å²) in [7, 11) is 1.32. The summed E-state index contributed by atoms with van der Waals surface area (Å²) in [6.45, 7) is 1.00. The normalized spacial score (nSPS) is 13.9. The molecule has 1 amide bonds. The van der Waals surface area contributed by atoms with Crippen LogP contribution in [0.5, 0.6) is 0 Å². The van der Waals surface area contributed by atoms with Crippen molar-refractivity contribution in [3.8, 4) is 11.5 Å². The van der Waals surface area contributed by atoms with Crippen molar-refractivity contribution in [2.75, 3.05) is 20.2 Å². The first-order valence-corrected chi connectivity index (χ1v) is 8.38. The van der Waals surface area contributed by atoms with Gasteiger partial charge < -0.3 is 14.2 Å². The first kappa shape index (κ1) is 16.9. The molecule has 3 aromatic rings. The number of ether oxygens (including phenoxy) is 1. The maximum Gasteiger partial charge on any atom is 0.337 e. The molecule has 136 valence electrons. The maximum absolute atomic E-state index is 12.5. The summed E-state index contributed by atoms with van der Waals surface area (Å²) in [4.78, 5) is 34.2. The van der Waals surface area contributed by atoms with Crippen LogP contribution >= 0.6 is 0 Å². The number of esters is 1. The van der Waals surface area contributed by atoms with Crippen molar-refractivity contribution in [1.29, 1.82) is 0 Å². The smallest absolute Gasteiger partial charge is 0.337 e. The van der Waals surface area contributed by atoms with E-state index in [0.29, 0.717) is 41.6 Å². The summed E-state index contributed by atoms with van der Waals surface area (Å²) in [5.74, 6) is 0.410. The van der Waals surface area contributed by atoms with Crippen molar-refractivity contribution in [1.82, 2.24) is 20.0 Å². The molecule has 8 nitrogen and oxygen atoms in total. The molecule has 1 saturated heterocycles. The van der Waals surface area contributed by atoms with Crippen molar-refractivity contribution >= 4 is 11.9 Å². The number of carbonyl (C=O) groups excluding carboxylic acids is 2. The Labute approximate surface area is 154 Å². The van der Waals surface area contributed by atoms with Crippen LogP contribution in [0.2, 0.25) is 0 Å². The molecule has 1 fully saturated rings. The Bertz CT molecular complexity index is 963. The fraction of sp³-hybridized carbons (Fsp3) is 0.211. The highest BCUT2D eigenvalue weighted by Crippen LogP contribution is 2.28. The third kappa shape index (κ3) is 3.29. The molecule has 1 aliphatic heterocycles. The molecule has 0 radical (unpaired) electrons. The molecule has 0 aliphatic carbocycles. The fourth-order valence-corrected chi connectivity index (χ4v) is 2.85. The molecule has 2 aromatic heterocycles. The van der Waals surface area contributed by atoms with Gasteiger partial charge in [0, 0.05) is 24.8 Å². The number of methoxy groups -OCH3 is 1. The van der Waals surface area contributed by atoms with Gasteiger partial charge in [-0.25, -0.2) is 4.79 Å². The average Bonchev–Trinajstić information content (AvgIpc) is 3.16. The van der Waals surface area contributed by atoms with E-state index in [1.807, 2.05) is 18.2 Å². The quantitative estimate of drug-likeness (QED) is 0.654. The van der Waals surface area contributed by atoms with Crippen LogP contribution in [0.25, 0.3) is 11.5 Å². The zero-order chi connectivity index (χ0) is 18.8. The van der Waals surface area contributed by atoms with Gasteiger partial charge in [-0.2, -0.15) is 4.98 Å². The molecular formula is C19H16N4O4. The molecule has 8 heteroatoms. The lowest BCUT2D eigenvalue weighted by molar-refractivity contribution is 0.0564. The van der Waals surface area contributed by atoms with E-state index in [-0.39, 0.29) is 11.8 Å². The molecular weight excluding hydrogens is 348 g/mol. The predicted octanol–water partition coefficient (Wildman–Crippen LogP) is 2.16. The van der Waals surface area contributed by atoms with Gasteiger partial charge in [0.2, 0.25) is 11.7 Å². The van der Waals surface area contributed by atoms with E-state index in [1.165, 1.54) is 7.11 Å². The van der Waals surface area contributed by atoms with Crippen LogP contribution in [-0.2, 0) is 4.74 Å². The van der Waals surface area contributed by atoms with E-state index >= 15 is 0 Å². The highest BCUT2D eigenvalue weighted by Gasteiger charge is 2.36. The number of nitrogens with zero attached hydrogens (tertiary/aromatic N) is 4. The lowest BCUT2D eigenvalue weighted by atomic mass is 9.98. The number of rotatable bonds is 4. The number of carbonyl (C=O) groups is 2. The van der Waals surface area contributed by atoms with Crippen molar-refractivity contribution in [3.63, 3.8) is 0 Å². The minimum atomic E-state index is -0.432. The Balaban J connectivity index is 1.39. The Morgan fingerprint density at radius 3 is 2.52 bits per heavy atom. The van der Waals surface area contributed by atoms with Crippen molar-refractivity contribution < 1.29 is 18.8 Å².